The molecule has 0 spiro atoms. The molecule has 0 amide bonds. The van der Waals surface area contributed by atoms with Crippen LogP contribution in [0, 0.1) is 5.92 Å². The highest BCUT2D eigenvalue weighted by Crippen LogP contribution is 2.11. The normalized spacial score (nSPS) is 10.3. The molecule has 0 saturated carbocycles. The van der Waals surface area contributed by atoms with Gasteiger partial charge in [-0.1, -0.05) is 25.4 Å². The zero-order chi connectivity index (χ0) is 8.97. The molecule has 1 aromatic rings. The second kappa shape index (κ2) is 4.26. The van der Waals surface area contributed by atoms with Crippen molar-refractivity contribution < 1.29 is 4.74 Å². The number of hydrogen-bond donors (Lipinski definition) is 0. The lowest BCUT2D eigenvalue weighted by Crippen LogP contribution is -2.05. The van der Waals surface area contributed by atoms with Crippen molar-refractivity contribution in [2.24, 2.45) is 5.92 Å². The second-order valence-corrected chi connectivity index (χ2v) is 3.27. The van der Waals surface area contributed by atoms with Crippen LogP contribution in [0.2, 0.25) is 5.15 Å². The third kappa shape index (κ3) is 3.05. The fourth-order valence-corrected chi connectivity index (χ4v) is 0.785. The molecule has 0 N–H and O–H groups in total. The van der Waals surface area contributed by atoms with Crippen LogP contribution in [0.3, 0.4) is 0 Å². The molecular weight excluding hydrogens is 176 g/mol. The molecule has 0 bridgehead atoms. The highest BCUT2D eigenvalue weighted by atomic mass is 35.5. The fourth-order valence-electron chi connectivity index (χ4n) is 0.648. The van der Waals surface area contributed by atoms with Gasteiger partial charge in [-0.3, -0.25) is 0 Å². The monoisotopic (exact) mass is 186 g/mol. The summed E-state index contributed by atoms with van der Waals surface area (Å²) in [5.41, 5.74) is 0. The van der Waals surface area contributed by atoms with Crippen molar-refractivity contribution in [2.45, 2.75) is 13.8 Å². The first-order chi connectivity index (χ1) is 5.68. The summed E-state index contributed by atoms with van der Waals surface area (Å²) in [7, 11) is 0. The predicted molar refractivity (Wildman–Crippen MR) is 47.4 cm³/mol. The van der Waals surface area contributed by atoms with E-state index in [9.17, 15) is 0 Å². The maximum atomic E-state index is 5.63. The minimum atomic E-state index is 0.406. The Morgan fingerprint density at radius 2 is 2.25 bits per heavy atom. The lowest BCUT2D eigenvalue weighted by molar-refractivity contribution is 0.261. The van der Waals surface area contributed by atoms with Gasteiger partial charge in [0.05, 0.1) is 6.61 Å². The second-order valence-electron chi connectivity index (χ2n) is 2.88. The van der Waals surface area contributed by atoms with Crippen LogP contribution >= 0.6 is 11.6 Å². The first kappa shape index (κ1) is 9.26. The molecular formula is C8H11ClN2O. The minimum Gasteiger partial charge on any atom is -0.477 e. The zero-order valence-corrected chi connectivity index (χ0v) is 7.88. The summed E-state index contributed by atoms with van der Waals surface area (Å²) in [6, 6.07) is 1.60. The number of halogens is 1. The number of ether oxygens (including phenoxy) is 1. The quantitative estimate of drug-likeness (QED) is 0.679. The number of hydrogen-bond acceptors (Lipinski definition) is 3. The Bertz CT molecular complexity index is 253. The van der Waals surface area contributed by atoms with Crippen LogP contribution in [0.25, 0.3) is 0 Å². The van der Waals surface area contributed by atoms with Crippen molar-refractivity contribution in [3.63, 3.8) is 0 Å². The summed E-state index contributed by atoms with van der Waals surface area (Å²) in [4.78, 5) is 7.64. The van der Waals surface area contributed by atoms with Crippen molar-refractivity contribution in [1.82, 2.24) is 9.97 Å². The van der Waals surface area contributed by atoms with Crippen molar-refractivity contribution in [1.29, 1.82) is 0 Å². The average Bonchev–Trinajstić information content (AvgIpc) is 2.01. The van der Waals surface area contributed by atoms with Crippen LogP contribution in [0.1, 0.15) is 13.8 Å². The fraction of sp³-hybridized carbons (Fsp3) is 0.500. The summed E-state index contributed by atoms with van der Waals surface area (Å²) in [5.74, 6) is 1.02. The summed E-state index contributed by atoms with van der Waals surface area (Å²) in [6.45, 7) is 4.79. The van der Waals surface area contributed by atoms with Gasteiger partial charge in [0.1, 0.15) is 11.5 Å². The van der Waals surface area contributed by atoms with Crippen molar-refractivity contribution in [3.8, 4) is 5.88 Å². The van der Waals surface area contributed by atoms with Crippen LogP contribution in [-0.2, 0) is 0 Å². The maximum Gasteiger partial charge on any atom is 0.217 e. The van der Waals surface area contributed by atoms with Gasteiger partial charge in [-0.2, -0.15) is 0 Å². The highest BCUT2D eigenvalue weighted by Gasteiger charge is 1.98. The Kier molecular flexibility index (Phi) is 3.29. The van der Waals surface area contributed by atoms with Gasteiger partial charge in [0, 0.05) is 6.07 Å². The number of rotatable bonds is 3. The Morgan fingerprint density at radius 3 is 2.83 bits per heavy atom. The SMILES string of the molecule is CC(C)COc1cc(Cl)ncn1. The third-order valence-corrected chi connectivity index (χ3v) is 1.38. The van der Waals surface area contributed by atoms with Gasteiger partial charge < -0.3 is 4.74 Å². The Balaban J connectivity index is 2.52. The van der Waals surface area contributed by atoms with E-state index >= 15 is 0 Å². The van der Waals surface area contributed by atoms with E-state index in [1.165, 1.54) is 6.33 Å². The average molecular weight is 187 g/mol. The van der Waals surface area contributed by atoms with Crippen LogP contribution in [0.15, 0.2) is 12.4 Å². The summed E-state index contributed by atoms with van der Waals surface area (Å²) in [6.07, 6.45) is 1.39. The van der Waals surface area contributed by atoms with E-state index < -0.39 is 0 Å². The van der Waals surface area contributed by atoms with E-state index in [0.717, 1.165) is 0 Å². The van der Waals surface area contributed by atoms with Crippen LogP contribution < -0.4 is 4.74 Å². The molecule has 0 unspecified atom stereocenters. The lowest BCUT2D eigenvalue weighted by Gasteiger charge is -2.06. The molecule has 1 aromatic heterocycles. The Hall–Kier alpha value is -0.830. The molecule has 4 heteroatoms. The molecule has 0 aliphatic carbocycles. The van der Waals surface area contributed by atoms with Crippen LogP contribution in [0.4, 0.5) is 0 Å². The number of nitrogens with zero attached hydrogens (tertiary/aromatic N) is 2. The van der Waals surface area contributed by atoms with E-state index in [4.69, 9.17) is 16.3 Å². The number of aromatic nitrogens is 2. The molecule has 1 heterocycles. The Morgan fingerprint density at radius 1 is 1.50 bits per heavy atom. The maximum absolute atomic E-state index is 5.63. The molecule has 0 aliphatic rings. The summed E-state index contributed by atoms with van der Waals surface area (Å²) < 4.78 is 5.31. The third-order valence-electron chi connectivity index (χ3n) is 1.17. The topological polar surface area (TPSA) is 35.0 Å². The van der Waals surface area contributed by atoms with Gasteiger partial charge in [-0.15, -0.1) is 0 Å². The predicted octanol–water partition coefficient (Wildman–Crippen LogP) is 2.16. The first-order valence-electron chi connectivity index (χ1n) is 3.79. The van der Waals surface area contributed by atoms with Crippen LogP contribution in [-0.4, -0.2) is 16.6 Å². The largest absolute Gasteiger partial charge is 0.477 e. The van der Waals surface area contributed by atoms with Crippen LogP contribution in [0.5, 0.6) is 5.88 Å². The zero-order valence-electron chi connectivity index (χ0n) is 7.12. The van der Waals surface area contributed by atoms with Gasteiger partial charge in [0.25, 0.3) is 0 Å². The van der Waals surface area contributed by atoms with Crippen molar-refractivity contribution in [2.75, 3.05) is 6.61 Å². The van der Waals surface area contributed by atoms with Gasteiger partial charge in [0.2, 0.25) is 5.88 Å². The molecule has 3 nitrogen and oxygen atoms in total. The van der Waals surface area contributed by atoms with E-state index in [-0.39, 0.29) is 0 Å². The standard InChI is InChI=1S/C8H11ClN2O/c1-6(2)4-12-8-3-7(9)10-5-11-8/h3,5-6H,4H2,1-2H3. The smallest absolute Gasteiger partial charge is 0.217 e. The van der Waals surface area contributed by atoms with Gasteiger partial charge >= 0.3 is 0 Å². The molecule has 0 fully saturated rings. The van der Waals surface area contributed by atoms with E-state index in [1.54, 1.807) is 6.07 Å². The van der Waals surface area contributed by atoms with Crippen molar-refractivity contribution in [3.05, 3.63) is 17.5 Å². The molecule has 0 aliphatic heterocycles. The van der Waals surface area contributed by atoms with Gasteiger partial charge in [-0.05, 0) is 5.92 Å². The minimum absolute atomic E-state index is 0.406. The summed E-state index contributed by atoms with van der Waals surface area (Å²) in [5, 5.41) is 0.406. The van der Waals surface area contributed by atoms with E-state index in [2.05, 4.69) is 23.8 Å². The first-order valence-corrected chi connectivity index (χ1v) is 4.16. The lowest BCUT2D eigenvalue weighted by atomic mass is 10.2. The summed E-state index contributed by atoms with van der Waals surface area (Å²) >= 11 is 5.63. The van der Waals surface area contributed by atoms with Gasteiger partial charge in [-0.25, -0.2) is 9.97 Å². The molecule has 0 aromatic carbocycles. The van der Waals surface area contributed by atoms with Gasteiger partial charge in [0.15, 0.2) is 0 Å². The molecule has 1 rings (SSSR count). The van der Waals surface area contributed by atoms with E-state index in [0.29, 0.717) is 23.6 Å². The molecule has 0 radical (unpaired) electrons. The molecule has 66 valence electrons. The van der Waals surface area contributed by atoms with Crippen molar-refractivity contribution >= 4 is 11.6 Å². The van der Waals surface area contributed by atoms with E-state index in [1.807, 2.05) is 0 Å². The molecule has 0 atom stereocenters. The molecule has 0 saturated heterocycles. The molecule has 12 heavy (non-hydrogen) atoms. The Labute approximate surface area is 76.7 Å². The highest BCUT2D eigenvalue weighted by molar-refractivity contribution is 6.29.